The molecule has 2 heterocycles. The molecule has 168 valence electrons. The van der Waals surface area contributed by atoms with Crippen LogP contribution < -0.4 is 15.4 Å². The highest BCUT2D eigenvalue weighted by molar-refractivity contribution is 8.14. The van der Waals surface area contributed by atoms with Crippen LogP contribution in [0.2, 0.25) is 0 Å². The van der Waals surface area contributed by atoms with Crippen LogP contribution in [0.25, 0.3) is 10.2 Å². The van der Waals surface area contributed by atoms with Gasteiger partial charge in [0.1, 0.15) is 5.75 Å². The van der Waals surface area contributed by atoms with Crippen LogP contribution in [-0.2, 0) is 12.8 Å². The first kappa shape index (κ1) is 21.8. The second-order valence-corrected chi connectivity index (χ2v) is 9.98. The van der Waals surface area contributed by atoms with E-state index in [0.717, 1.165) is 57.1 Å². The Hall–Kier alpha value is -3.03. The first-order valence-electron chi connectivity index (χ1n) is 11.0. The lowest BCUT2D eigenvalue weighted by Crippen LogP contribution is -2.08. The fourth-order valence-corrected chi connectivity index (χ4v) is 5.65. The van der Waals surface area contributed by atoms with Gasteiger partial charge in [0.25, 0.3) is 0 Å². The van der Waals surface area contributed by atoms with Gasteiger partial charge in [-0.3, -0.25) is 4.99 Å². The number of amidine groups is 1. The van der Waals surface area contributed by atoms with Crippen LogP contribution in [0.5, 0.6) is 5.75 Å². The van der Waals surface area contributed by atoms with Crippen molar-refractivity contribution in [2.75, 3.05) is 30.0 Å². The van der Waals surface area contributed by atoms with Gasteiger partial charge in [-0.15, -0.1) is 0 Å². The highest BCUT2D eigenvalue weighted by Crippen LogP contribution is 2.29. The summed E-state index contributed by atoms with van der Waals surface area (Å²) in [6.45, 7) is 0.841. The minimum atomic E-state index is 0.342. The molecule has 1 atom stereocenters. The molecular weight excluding hydrogens is 448 g/mol. The number of anilines is 2. The van der Waals surface area contributed by atoms with Crippen molar-refractivity contribution in [2.45, 2.75) is 18.9 Å². The van der Waals surface area contributed by atoms with E-state index >= 15 is 0 Å². The average Bonchev–Trinajstić information content (AvgIpc) is 3.46. The second kappa shape index (κ2) is 10.3. The van der Waals surface area contributed by atoms with Gasteiger partial charge in [0, 0.05) is 18.0 Å². The summed E-state index contributed by atoms with van der Waals surface area (Å²) < 4.78 is 6.43. The molecule has 0 radical (unpaired) electrons. The van der Waals surface area contributed by atoms with Crippen LogP contribution in [-0.4, -0.2) is 35.6 Å². The molecule has 33 heavy (non-hydrogen) atoms. The van der Waals surface area contributed by atoms with Gasteiger partial charge in [0.15, 0.2) is 10.3 Å². The molecule has 4 aromatic rings. The van der Waals surface area contributed by atoms with Gasteiger partial charge in [-0.1, -0.05) is 65.6 Å². The zero-order valence-corrected chi connectivity index (χ0v) is 20.1. The van der Waals surface area contributed by atoms with E-state index in [-0.39, 0.29) is 0 Å². The molecule has 0 amide bonds. The molecule has 0 unspecified atom stereocenters. The van der Waals surface area contributed by atoms with Crippen molar-refractivity contribution in [3.63, 3.8) is 0 Å². The lowest BCUT2D eigenvalue weighted by molar-refractivity contribution is 0.415. The number of nitrogens with zero attached hydrogens (tertiary/aromatic N) is 2. The fraction of sp³-hybridized carbons (Fsp3) is 0.231. The molecule has 0 aliphatic carbocycles. The van der Waals surface area contributed by atoms with Crippen molar-refractivity contribution in [3.8, 4) is 5.75 Å². The standard InChI is InChI=1S/C26H26N4OS2/c1-31-22-11-12-23-24(16-22)33-25(30-23)27-14-13-18-7-9-20(10-8-18)28-26-29-21(17-32-26)15-19-5-3-2-4-6-19/h2-12,16,21H,13-15,17H2,1H3,(H,27,30)(H,28,29)/t21-/m0/s1. The molecule has 1 aromatic heterocycles. The number of aliphatic imine (C=N–C) groups is 1. The highest BCUT2D eigenvalue weighted by atomic mass is 32.2. The van der Waals surface area contributed by atoms with Gasteiger partial charge >= 0.3 is 0 Å². The van der Waals surface area contributed by atoms with Crippen molar-refractivity contribution in [2.24, 2.45) is 4.99 Å². The SMILES string of the molecule is COc1ccc2nc(NCCc3ccc(NC4=N[C@@H](Cc5ccccc5)CS4)cc3)sc2c1. The molecule has 2 N–H and O–H groups in total. The molecular formula is C26H26N4OS2. The predicted octanol–water partition coefficient (Wildman–Crippen LogP) is 6.09. The van der Waals surface area contributed by atoms with Gasteiger partial charge in [0.2, 0.25) is 0 Å². The number of rotatable bonds is 8. The number of thioether (sulfide) groups is 1. The Kier molecular flexibility index (Phi) is 6.79. The summed E-state index contributed by atoms with van der Waals surface area (Å²) >= 11 is 3.45. The average molecular weight is 475 g/mol. The number of hydrogen-bond donors (Lipinski definition) is 2. The molecule has 0 fully saturated rings. The van der Waals surface area contributed by atoms with Crippen molar-refractivity contribution >= 4 is 49.3 Å². The van der Waals surface area contributed by atoms with E-state index in [4.69, 9.17) is 9.73 Å². The first-order chi connectivity index (χ1) is 16.2. The maximum atomic E-state index is 5.30. The van der Waals surface area contributed by atoms with Crippen molar-refractivity contribution in [3.05, 3.63) is 83.9 Å². The number of aromatic nitrogens is 1. The third-order valence-electron chi connectivity index (χ3n) is 5.52. The van der Waals surface area contributed by atoms with Crippen LogP contribution in [0.3, 0.4) is 0 Å². The largest absolute Gasteiger partial charge is 0.497 e. The number of ether oxygens (including phenoxy) is 1. The minimum Gasteiger partial charge on any atom is -0.497 e. The van der Waals surface area contributed by atoms with Crippen LogP contribution in [0.15, 0.2) is 77.8 Å². The normalized spacial score (nSPS) is 15.4. The summed E-state index contributed by atoms with van der Waals surface area (Å²) in [5, 5.41) is 8.87. The van der Waals surface area contributed by atoms with Gasteiger partial charge in [0.05, 0.1) is 23.4 Å². The third-order valence-corrected chi connectivity index (χ3v) is 7.53. The Morgan fingerprint density at radius 1 is 1.00 bits per heavy atom. The molecule has 0 saturated carbocycles. The van der Waals surface area contributed by atoms with Crippen molar-refractivity contribution < 1.29 is 4.74 Å². The van der Waals surface area contributed by atoms with Crippen molar-refractivity contribution in [1.29, 1.82) is 0 Å². The number of nitrogens with one attached hydrogen (secondary N) is 2. The van der Waals surface area contributed by atoms with E-state index in [0.29, 0.717) is 6.04 Å². The predicted molar refractivity (Wildman–Crippen MR) is 142 cm³/mol. The molecule has 0 spiro atoms. The van der Waals surface area contributed by atoms with E-state index in [9.17, 15) is 0 Å². The summed E-state index contributed by atoms with van der Waals surface area (Å²) in [5.41, 5.74) is 4.71. The summed E-state index contributed by atoms with van der Waals surface area (Å²) in [4.78, 5) is 9.51. The van der Waals surface area contributed by atoms with E-state index in [2.05, 4.69) is 70.2 Å². The Bertz CT molecular complexity index is 1240. The van der Waals surface area contributed by atoms with E-state index in [1.54, 1.807) is 30.2 Å². The first-order valence-corrected chi connectivity index (χ1v) is 12.8. The third kappa shape index (κ3) is 5.67. The van der Waals surface area contributed by atoms with Crippen LogP contribution in [0.4, 0.5) is 10.8 Å². The lowest BCUT2D eigenvalue weighted by atomic mass is 10.1. The maximum Gasteiger partial charge on any atom is 0.183 e. The lowest BCUT2D eigenvalue weighted by Gasteiger charge is -2.07. The summed E-state index contributed by atoms with van der Waals surface area (Å²) in [7, 11) is 1.69. The van der Waals surface area contributed by atoms with E-state index in [1.165, 1.54) is 11.1 Å². The molecule has 1 aliphatic rings. The molecule has 1 aliphatic heterocycles. The van der Waals surface area contributed by atoms with Gasteiger partial charge in [-0.2, -0.15) is 0 Å². The second-order valence-electron chi connectivity index (χ2n) is 7.94. The van der Waals surface area contributed by atoms with Crippen LogP contribution >= 0.6 is 23.1 Å². The zero-order valence-electron chi connectivity index (χ0n) is 18.5. The Balaban J connectivity index is 1.11. The maximum absolute atomic E-state index is 5.30. The highest BCUT2D eigenvalue weighted by Gasteiger charge is 2.18. The zero-order chi connectivity index (χ0) is 22.5. The van der Waals surface area contributed by atoms with Crippen LogP contribution in [0.1, 0.15) is 11.1 Å². The summed E-state index contributed by atoms with van der Waals surface area (Å²) in [5.74, 6) is 1.89. The molecule has 5 rings (SSSR count). The number of thiazole rings is 1. The van der Waals surface area contributed by atoms with Crippen molar-refractivity contribution in [1.82, 2.24) is 4.98 Å². The summed E-state index contributed by atoms with van der Waals surface area (Å²) in [6, 6.07) is 25.5. The molecule has 0 bridgehead atoms. The molecule has 0 saturated heterocycles. The number of hydrogen-bond acceptors (Lipinski definition) is 7. The van der Waals surface area contributed by atoms with Gasteiger partial charge < -0.3 is 15.4 Å². The quantitative estimate of drug-likeness (QED) is 0.324. The Morgan fingerprint density at radius 2 is 1.85 bits per heavy atom. The summed E-state index contributed by atoms with van der Waals surface area (Å²) in [6.07, 6.45) is 1.93. The topological polar surface area (TPSA) is 58.5 Å². The smallest absolute Gasteiger partial charge is 0.183 e. The number of fused-ring (bicyclic) bond motifs is 1. The van der Waals surface area contributed by atoms with Gasteiger partial charge in [-0.25, -0.2) is 4.98 Å². The monoisotopic (exact) mass is 474 g/mol. The molecule has 3 aromatic carbocycles. The minimum absolute atomic E-state index is 0.342. The molecule has 5 nitrogen and oxygen atoms in total. The Morgan fingerprint density at radius 3 is 2.67 bits per heavy atom. The van der Waals surface area contributed by atoms with E-state index in [1.807, 2.05) is 18.2 Å². The number of benzene rings is 3. The van der Waals surface area contributed by atoms with Gasteiger partial charge in [-0.05, 0) is 54.3 Å². The molecule has 7 heteroatoms. The number of methoxy groups -OCH3 is 1. The fourth-order valence-electron chi connectivity index (χ4n) is 3.77. The van der Waals surface area contributed by atoms with Crippen LogP contribution in [0, 0.1) is 0 Å². The Labute approximate surface area is 202 Å². The van der Waals surface area contributed by atoms with E-state index < -0.39 is 0 Å².